The summed E-state index contributed by atoms with van der Waals surface area (Å²) in [6.07, 6.45) is 2.05. The molecule has 1 amide bonds. The Morgan fingerprint density at radius 2 is 2.10 bits per heavy atom. The number of rotatable bonds is 6. The number of benzene rings is 2. The molecule has 0 radical (unpaired) electrons. The Labute approximate surface area is 192 Å². The van der Waals surface area contributed by atoms with E-state index in [1.807, 2.05) is 34.7 Å². The van der Waals surface area contributed by atoms with Gasteiger partial charge in [0.1, 0.15) is 0 Å². The summed E-state index contributed by atoms with van der Waals surface area (Å²) in [6.45, 7) is 4.66. The fourth-order valence-corrected chi connectivity index (χ4v) is 6.05. The van der Waals surface area contributed by atoms with Crippen LogP contribution in [-0.2, 0) is 4.74 Å². The zero-order valence-corrected chi connectivity index (χ0v) is 19.6. The van der Waals surface area contributed by atoms with E-state index in [-0.39, 0.29) is 5.91 Å². The van der Waals surface area contributed by atoms with Crippen LogP contribution >= 0.6 is 34.4 Å². The quantitative estimate of drug-likeness (QED) is 0.384. The van der Waals surface area contributed by atoms with E-state index in [4.69, 9.17) is 9.72 Å². The van der Waals surface area contributed by atoms with E-state index in [0.29, 0.717) is 12.1 Å². The van der Waals surface area contributed by atoms with Gasteiger partial charge in [-0.2, -0.15) is 0 Å². The van der Waals surface area contributed by atoms with Gasteiger partial charge in [-0.25, -0.2) is 9.97 Å². The molecule has 1 fully saturated rings. The van der Waals surface area contributed by atoms with E-state index >= 15 is 0 Å². The van der Waals surface area contributed by atoms with Crippen molar-refractivity contribution < 1.29 is 9.53 Å². The average molecular weight is 471 g/mol. The van der Waals surface area contributed by atoms with Gasteiger partial charge in [-0.1, -0.05) is 17.4 Å². The van der Waals surface area contributed by atoms with E-state index in [9.17, 15) is 4.79 Å². The summed E-state index contributed by atoms with van der Waals surface area (Å²) in [5, 5.41) is 0.749. The highest BCUT2D eigenvalue weighted by Gasteiger charge is 2.24. The van der Waals surface area contributed by atoms with Crippen LogP contribution in [0.3, 0.4) is 0 Å². The molecule has 5 rings (SSSR count). The molecule has 0 saturated carbocycles. The Balaban J connectivity index is 1.49. The van der Waals surface area contributed by atoms with Gasteiger partial charge >= 0.3 is 0 Å². The predicted octanol–water partition coefficient (Wildman–Crippen LogP) is 4.61. The first-order chi connectivity index (χ1) is 15.2. The molecule has 0 N–H and O–H groups in total. The molecule has 3 heterocycles. The van der Waals surface area contributed by atoms with Gasteiger partial charge in [0.05, 0.1) is 39.2 Å². The number of carbonyl (C=O) groups is 1. The number of aromatic nitrogens is 2. The lowest BCUT2D eigenvalue weighted by atomic mass is 10.2. The molecular formula is C22H22N4O2S3. The topological polar surface area (TPSA) is 58.6 Å². The maximum absolute atomic E-state index is 13.6. The lowest BCUT2D eigenvalue weighted by Gasteiger charge is -2.29. The monoisotopic (exact) mass is 470 g/mol. The standard InChI is InChI=1S/C22H22N4O2S3/c1-29-17-3-2-4-18-20(17)24-22(31-18)26(8-7-25-9-11-28-12-10-25)21(27)15-5-6-16-19(13-15)30-14-23-16/h2-6,13-14H,7-12H2,1H3. The minimum absolute atomic E-state index is 0.0201. The van der Waals surface area contributed by atoms with Crippen molar-refractivity contribution in [2.24, 2.45) is 0 Å². The van der Waals surface area contributed by atoms with Gasteiger partial charge in [0, 0.05) is 36.6 Å². The molecule has 160 valence electrons. The van der Waals surface area contributed by atoms with Gasteiger partial charge in [0.25, 0.3) is 5.91 Å². The van der Waals surface area contributed by atoms with Gasteiger partial charge in [-0.05, 0) is 36.6 Å². The molecule has 2 aromatic carbocycles. The van der Waals surface area contributed by atoms with Crippen molar-refractivity contribution in [2.45, 2.75) is 4.90 Å². The van der Waals surface area contributed by atoms with Crippen LogP contribution in [0.25, 0.3) is 20.4 Å². The number of carbonyl (C=O) groups excluding carboxylic acids is 1. The maximum Gasteiger partial charge on any atom is 0.260 e. The summed E-state index contributed by atoms with van der Waals surface area (Å²) in [5.41, 5.74) is 4.37. The number of thioether (sulfide) groups is 1. The van der Waals surface area contributed by atoms with Crippen LogP contribution in [0, 0.1) is 0 Å². The van der Waals surface area contributed by atoms with Gasteiger partial charge < -0.3 is 4.74 Å². The number of fused-ring (bicyclic) bond motifs is 2. The van der Waals surface area contributed by atoms with E-state index in [0.717, 1.165) is 63.3 Å². The van der Waals surface area contributed by atoms with Crippen LogP contribution in [-0.4, -0.2) is 66.4 Å². The van der Waals surface area contributed by atoms with Gasteiger partial charge in [-0.15, -0.1) is 23.1 Å². The number of hydrogen-bond acceptors (Lipinski definition) is 8. The second-order valence-corrected chi connectivity index (χ2v) is 9.99. The van der Waals surface area contributed by atoms with Crippen molar-refractivity contribution in [3.63, 3.8) is 0 Å². The first-order valence-electron chi connectivity index (χ1n) is 10.1. The third-order valence-electron chi connectivity index (χ3n) is 5.39. The molecule has 1 aliphatic rings. The zero-order valence-electron chi connectivity index (χ0n) is 17.1. The van der Waals surface area contributed by atoms with E-state index in [1.165, 1.54) is 0 Å². The summed E-state index contributed by atoms with van der Waals surface area (Å²) in [6, 6.07) is 11.9. The number of thiazole rings is 2. The van der Waals surface area contributed by atoms with Crippen molar-refractivity contribution in [1.82, 2.24) is 14.9 Å². The summed E-state index contributed by atoms with van der Waals surface area (Å²) in [5.74, 6) is -0.0201. The van der Waals surface area contributed by atoms with E-state index in [2.05, 4.69) is 28.3 Å². The lowest BCUT2D eigenvalue weighted by molar-refractivity contribution is 0.0391. The lowest BCUT2D eigenvalue weighted by Crippen LogP contribution is -2.43. The highest BCUT2D eigenvalue weighted by atomic mass is 32.2. The molecule has 4 aromatic rings. The highest BCUT2D eigenvalue weighted by molar-refractivity contribution is 7.98. The molecule has 1 saturated heterocycles. The van der Waals surface area contributed by atoms with Crippen LogP contribution in [0.1, 0.15) is 10.4 Å². The molecule has 0 bridgehead atoms. The molecule has 0 unspecified atom stereocenters. The number of hydrogen-bond donors (Lipinski definition) is 0. The van der Waals surface area contributed by atoms with Crippen molar-refractivity contribution in [3.8, 4) is 0 Å². The normalized spacial score (nSPS) is 15.0. The Hall–Kier alpha value is -2.04. The molecule has 9 heteroatoms. The minimum Gasteiger partial charge on any atom is -0.379 e. The Kier molecular flexibility index (Phi) is 6.20. The Morgan fingerprint density at radius 3 is 2.94 bits per heavy atom. The van der Waals surface area contributed by atoms with Crippen LogP contribution in [0.4, 0.5) is 5.13 Å². The van der Waals surface area contributed by atoms with Crippen molar-refractivity contribution >= 4 is 65.9 Å². The molecule has 31 heavy (non-hydrogen) atoms. The van der Waals surface area contributed by atoms with E-state index in [1.54, 1.807) is 34.4 Å². The second-order valence-electron chi connectivity index (χ2n) is 7.25. The van der Waals surface area contributed by atoms with Gasteiger partial charge in [-0.3, -0.25) is 14.6 Å². The second kappa shape index (κ2) is 9.22. The maximum atomic E-state index is 13.6. The largest absolute Gasteiger partial charge is 0.379 e. The Bertz CT molecular complexity index is 1220. The third kappa shape index (κ3) is 4.33. The predicted molar refractivity (Wildman–Crippen MR) is 130 cm³/mol. The molecule has 0 atom stereocenters. The van der Waals surface area contributed by atoms with Crippen LogP contribution in [0.5, 0.6) is 0 Å². The van der Waals surface area contributed by atoms with Crippen LogP contribution < -0.4 is 4.90 Å². The van der Waals surface area contributed by atoms with Crippen LogP contribution in [0.15, 0.2) is 46.8 Å². The number of amides is 1. The van der Waals surface area contributed by atoms with Crippen molar-refractivity contribution in [1.29, 1.82) is 0 Å². The number of anilines is 1. The first-order valence-corrected chi connectivity index (χ1v) is 13.0. The SMILES string of the molecule is CSc1cccc2sc(N(CCN3CCOCC3)C(=O)c3ccc4ncsc4c3)nc12. The fourth-order valence-electron chi connectivity index (χ4n) is 3.69. The summed E-state index contributed by atoms with van der Waals surface area (Å²) < 4.78 is 7.59. The summed E-state index contributed by atoms with van der Waals surface area (Å²) >= 11 is 4.81. The molecule has 6 nitrogen and oxygen atoms in total. The number of ether oxygens (including phenoxy) is 1. The molecular weight excluding hydrogens is 448 g/mol. The number of nitrogens with zero attached hydrogens (tertiary/aromatic N) is 4. The molecule has 0 spiro atoms. The smallest absolute Gasteiger partial charge is 0.260 e. The molecule has 0 aliphatic carbocycles. The van der Waals surface area contributed by atoms with Gasteiger partial charge in [0.2, 0.25) is 0 Å². The number of para-hydroxylation sites is 1. The average Bonchev–Trinajstić information content (AvgIpc) is 3.46. The zero-order chi connectivity index (χ0) is 21.2. The third-order valence-corrected chi connectivity index (χ3v) is 7.99. The van der Waals surface area contributed by atoms with Crippen LogP contribution in [0.2, 0.25) is 0 Å². The fraction of sp³-hybridized carbons (Fsp3) is 0.318. The summed E-state index contributed by atoms with van der Waals surface area (Å²) in [4.78, 5) is 28.2. The summed E-state index contributed by atoms with van der Waals surface area (Å²) in [7, 11) is 0. The van der Waals surface area contributed by atoms with Crippen molar-refractivity contribution in [2.75, 3.05) is 50.5 Å². The molecule has 2 aromatic heterocycles. The van der Waals surface area contributed by atoms with E-state index < -0.39 is 0 Å². The van der Waals surface area contributed by atoms with Gasteiger partial charge in [0.15, 0.2) is 5.13 Å². The minimum atomic E-state index is -0.0201. The first kappa shape index (κ1) is 20.8. The van der Waals surface area contributed by atoms with Crippen molar-refractivity contribution in [3.05, 3.63) is 47.5 Å². The molecule has 1 aliphatic heterocycles. The Morgan fingerprint density at radius 1 is 1.23 bits per heavy atom. The highest BCUT2D eigenvalue weighted by Crippen LogP contribution is 2.35. The number of morpholine rings is 1.